The average molecular weight is 436 g/mol. The van der Waals surface area contributed by atoms with Gasteiger partial charge in [0, 0.05) is 31.9 Å². The molecule has 0 aromatic heterocycles. The quantitative estimate of drug-likeness (QED) is 0.780. The summed E-state index contributed by atoms with van der Waals surface area (Å²) in [6.07, 6.45) is 5.23. The molecule has 0 spiro atoms. The van der Waals surface area contributed by atoms with Gasteiger partial charge in [-0.25, -0.2) is 0 Å². The average Bonchev–Trinajstić information content (AvgIpc) is 2.85. The van der Waals surface area contributed by atoms with Crippen LogP contribution in [0.4, 0.5) is 17.1 Å². The normalized spacial score (nSPS) is 18.9. The number of fused-ring (bicyclic) bond motifs is 1. The topological polar surface area (TPSA) is 54.0 Å². The lowest BCUT2D eigenvalue weighted by Gasteiger charge is -2.33. The number of carbonyl (C=O) groups excluding carboxylic acids is 1. The molecule has 2 saturated heterocycles. The molecule has 0 radical (unpaired) electrons. The summed E-state index contributed by atoms with van der Waals surface area (Å²) in [6, 6.07) is 13.0. The lowest BCUT2D eigenvalue weighted by molar-refractivity contribution is -0.115. The van der Waals surface area contributed by atoms with Crippen LogP contribution in [0.15, 0.2) is 36.4 Å². The Bertz CT molecular complexity index is 949. The Morgan fingerprint density at radius 1 is 0.812 bits per heavy atom. The van der Waals surface area contributed by atoms with Crippen LogP contribution in [0.2, 0.25) is 0 Å². The van der Waals surface area contributed by atoms with Crippen LogP contribution in [-0.4, -0.2) is 58.5 Å². The molecular formula is C26H33N3O3. The lowest BCUT2D eigenvalue weighted by atomic mass is 9.90. The molecule has 2 aliphatic heterocycles. The molecular weight excluding hydrogens is 402 g/mol. The smallest absolute Gasteiger partial charge is 0.228 e. The first kappa shape index (κ1) is 21.3. The van der Waals surface area contributed by atoms with Crippen LogP contribution in [-0.2, 0) is 33.5 Å². The Balaban J connectivity index is 1.33. The second kappa shape index (κ2) is 9.92. The Labute approximate surface area is 190 Å². The summed E-state index contributed by atoms with van der Waals surface area (Å²) in [5.74, 6) is 0.0365. The first-order chi connectivity index (χ1) is 15.8. The predicted molar refractivity (Wildman–Crippen MR) is 128 cm³/mol. The number of benzene rings is 2. The van der Waals surface area contributed by atoms with Crippen LogP contribution in [0, 0.1) is 0 Å². The van der Waals surface area contributed by atoms with Crippen molar-refractivity contribution in [2.24, 2.45) is 0 Å². The van der Waals surface area contributed by atoms with Gasteiger partial charge >= 0.3 is 0 Å². The van der Waals surface area contributed by atoms with Crippen LogP contribution in [0.1, 0.15) is 29.5 Å². The highest BCUT2D eigenvalue weighted by Gasteiger charge is 2.20. The van der Waals surface area contributed by atoms with Crippen molar-refractivity contribution >= 4 is 23.0 Å². The van der Waals surface area contributed by atoms with E-state index >= 15 is 0 Å². The number of carbonyl (C=O) groups is 1. The Hall–Kier alpha value is -2.57. The maximum atomic E-state index is 13.0. The van der Waals surface area contributed by atoms with Crippen molar-refractivity contribution < 1.29 is 14.3 Å². The fourth-order valence-electron chi connectivity index (χ4n) is 4.99. The highest BCUT2D eigenvalue weighted by molar-refractivity contribution is 5.96. The van der Waals surface area contributed by atoms with Crippen LogP contribution in [0.25, 0.3) is 0 Å². The number of rotatable bonds is 5. The molecule has 1 aliphatic carbocycles. The number of hydrogen-bond donors (Lipinski definition) is 1. The lowest BCUT2D eigenvalue weighted by Crippen LogP contribution is -2.38. The summed E-state index contributed by atoms with van der Waals surface area (Å²) >= 11 is 0. The zero-order valence-electron chi connectivity index (χ0n) is 18.8. The predicted octanol–water partition coefficient (Wildman–Crippen LogP) is 3.42. The molecule has 6 nitrogen and oxygen atoms in total. The van der Waals surface area contributed by atoms with E-state index in [1.54, 1.807) is 0 Å². The summed E-state index contributed by atoms with van der Waals surface area (Å²) < 4.78 is 11.1. The van der Waals surface area contributed by atoms with E-state index in [9.17, 15) is 4.79 Å². The minimum absolute atomic E-state index is 0.0365. The number of hydrogen-bond acceptors (Lipinski definition) is 5. The van der Waals surface area contributed by atoms with E-state index in [-0.39, 0.29) is 5.91 Å². The third-order valence-electron chi connectivity index (χ3n) is 6.76. The maximum Gasteiger partial charge on any atom is 0.228 e. The number of aryl methyl sites for hydroxylation is 2. The van der Waals surface area contributed by atoms with Crippen LogP contribution < -0.4 is 15.1 Å². The van der Waals surface area contributed by atoms with Gasteiger partial charge in [0.25, 0.3) is 0 Å². The number of anilines is 3. The molecule has 2 heterocycles. The summed E-state index contributed by atoms with van der Waals surface area (Å²) in [5.41, 5.74) is 7.12. The standard InChI is InChI=1S/C26H33N3O3/c30-26(18-20-5-6-21-3-1-2-4-22(21)17-20)27-24-8-7-23(28-9-13-31-14-10-28)19-25(24)29-11-15-32-16-12-29/h5-8,17,19H,1-4,9-16,18H2,(H,27,30). The van der Waals surface area contributed by atoms with Crippen molar-refractivity contribution in [3.63, 3.8) is 0 Å². The van der Waals surface area contributed by atoms with E-state index in [1.807, 2.05) is 0 Å². The minimum Gasteiger partial charge on any atom is -0.378 e. The van der Waals surface area contributed by atoms with Gasteiger partial charge in [-0.2, -0.15) is 0 Å². The van der Waals surface area contributed by atoms with E-state index in [0.29, 0.717) is 19.6 Å². The highest BCUT2D eigenvalue weighted by Crippen LogP contribution is 2.32. The Kier molecular flexibility index (Phi) is 6.60. The van der Waals surface area contributed by atoms with Crippen molar-refractivity contribution in [3.8, 4) is 0 Å². The van der Waals surface area contributed by atoms with Gasteiger partial charge in [-0.15, -0.1) is 0 Å². The monoisotopic (exact) mass is 435 g/mol. The molecule has 32 heavy (non-hydrogen) atoms. The second-order valence-corrected chi connectivity index (χ2v) is 8.94. The highest BCUT2D eigenvalue weighted by atomic mass is 16.5. The molecule has 0 unspecified atom stereocenters. The molecule has 2 aromatic rings. The van der Waals surface area contributed by atoms with Crippen molar-refractivity contribution in [2.75, 3.05) is 67.7 Å². The van der Waals surface area contributed by atoms with E-state index in [0.717, 1.165) is 62.8 Å². The van der Waals surface area contributed by atoms with E-state index in [1.165, 1.54) is 36.1 Å². The molecule has 3 aliphatic rings. The molecule has 170 valence electrons. The van der Waals surface area contributed by atoms with Gasteiger partial charge in [0.2, 0.25) is 5.91 Å². The molecule has 2 fully saturated rings. The van der Waals surface area contributed by atoms with Gasteiger partial charge in [0.05, 0.1) is 44.2 Å². The van der Waals surface area contributed by atoms with Crippen LogP contribution >= 0.6 is 0 Å². The molecule has 5 rings (SSSR count). The van der Waals surface area contributed by atoms with Gasteiger partial charge in [-0.3, -0.25) is 4.79 Å². The van der Waals surface area contributed by atoms with Crippen LogP contribution in [0.3, 0.4) is 0 Å². The Morgan fingerprint density at radius 2 is 1.50 bits per heavy atom. The fourth-order valence-corrected chi connectivity index (χ4v) is 4.99. The van der Waals surface area contributed by atoms with Gasteiger partial charge in [-0.05, 0) is 60.6 Å². The van der Waals surface area contributed by atoms with Gasteiger partial charge in [0.15, 0.2) is 0 Å². The van der Waals surface area contributed by atoms with Gasteiger partial charge in [-0.1, -0.05) is 18.2 Å². The number of ether oxygens (including phenoxy) is 2. The minimum atomic E-state index is 0.0365. The van der Waals surface area contributed by atoms with E-state index in [2.05, 4.69) is 51.5 Å². The second-order valence-electron chi connectivity index (χ2n) is 8.94. The molecule has 0 saturated carbocycles. The first-order valence-corrected chi connectivity index (χ1v) is 12.0. The third kappa shape index (κ3) is 4.92. The fraction of sp³-hybridized carbons (Fsp3) is 0.500. The SMILES string of the molecule is O=C(Cc1ccc2c(c1)CCCC2)Nc1ccc(N2CCOCC2)cc1N1CCOCC1. The van der Waals surface area contributed by atoms with Gasteiger partial charge in [0.1, 0.15) is 0 Å². The van der Waals surface area contributed by atoms with Crippen molar-refractivity contribution in [1.29, 1.82) is 0 Å². The Morgan fingerprint density at radius 3 is 2.25 bits per heavy atom. The molecule has 2 aromatic carbocycles. The zero-order valence-corrected chi connectivity index (χ0v) is 18.8. The summed E-state index contributed by atoms with van der Waals surface area (Å²) in [5, 5.41) is 3.20. The van der Waals surface area contributed by atoms with Crippen molar-refractivity contribution in [2.45, 2.75) is 32.1 Å². The number of amides is 1. The molecule has 0 bridgehead atoms. The summed E-state index contributed by atoms with van der Waals surface area (Å²) in [4.78, 5) is 17.7. The maximum absolute atomic E-state index is 13.0. The van der Waals surface area contributed by atoms with Crippen LogP contribution in [0.5, 0.6) is 0 Å². The number of nitrogens with zero attached hydrogens (tertiary/aromatic N) is 2. The molecule has 1 N–H and O–H groups in total. The summed E-state index contributed by atoms with van der Waals surface area (Å²) in [7, 11) is 0. The van der Waals surface area contributed by atoms with E-state index in [4.69, 9.17) is 9.47 Å². The van der Waals surface area contributed by atoms with Gasteiger partial charge < -0.3 is 24.6 Å². The van der Waals surface area contributed by atoms with Crippen molar-refractivity contribution in [3.05, 3.63) is 53.1 Å². The summed E-state index contributed by atoms with van der Waals surface area (Å²) in [6.45, 7) is 6.40. The van der Waals surface area contributed by atoms with E-state index < -0.39 is 0 Å². The third-order valence-corrected chi connectivity index (χ3v) is 6.76. The number of nitrogens with one attached hydrogen (secondary N) is 1. The largest absolute Gasteiger partial charge is 0.378 e. The molecule has 1 amide bonds. The number of morpholine rings is 2. The zero-order chi connectivity index (χ0) is 21.8. The van der Waals surface area contributed by atoms with Crippen molar-refractivity contribution in [1.82, 2.24) is 0 Å². The first-order valence-electron chi connectivity index (χ1n) is 12.0. The molecule has 0 atom stereocenters. The molecule has 6 heteroatoms.